The Morgan fingerprint density at radius 2 is 2.11 bits per heavy atom. The molecule has 3 aromatic rings. The summed E-state index contributed by atoms with van der Waals surface area (Å²) in [6, 6.07) is 7.05. The van der Waals surface area contributed by atoms with E-state index >= 15 is 0 Å². The number of nitrogens with one attached hydrogen (secondary N) is 1. The number of aromatic nitrogens is 6. The lowest BCUT2D eigenvalue weighted by Gasteiger charge is -2.35. The topological polar surface area (TPSA) is 93.8 Å². The van der Waals surface area contributed by atoms with E-state index < -0.39 is 0 Å². The molecule has 1 aromatic carbocycles. The van der Waals surface area contributed by atoms with E-state index in [-0.39, 0.29) is 30.9 Å². The molecule has 1 N–H and O–H groups in total. The maximum atomic E-state index is 12.9. The van der Waals surface area contributed by atoms with Crippen molar-refractivity contribution in [2.24, 2.45) is 7.05 Å². The Balaban J connectivity index is 0.00000225. The summed E-state index contributed by atoms with van der Waals surface area (Å²) in [6.45, 7) is 2.04. The number of imidazole rings is 1. The molecule has 0 saturated carbocycles. The summed E-state index contributed by atoms with van der Waals surface area (Å²) < 4.78 is 1.93. The van der Waals surface area contributed by atoms with Crippen molar-refractivity contribution in [1.82, 2.24) is 40.0 Å². The van der Waals surface area contributed by atoms with Crippen molar-refractivity contribution in [2.45, 2.75) is 12.6 Å². The lowest BCUT2D eigenvalue weighted by atomic mass is 10.1. The molecule has 1 aliphatic rings. The molecule has 9 nitrogen and oxygen atoms in total. The van der Waals surface area contributed by atoms with Crippen molar-refractivity contribution in [1.29, 1.82) is 0 Å². The summed E-state index contributed by atoms with van der Waals surface area (Å²) in [6.07, 6.45) is 3.62. The van der Waals surface area contributed by atoms with Crippen LogP contribution in [0.5, 0.6) is 0 Å². The van der Waals surface area contributed by atoms with Crippen LogP contribution in [-0.2, 0) is 18.4 Å². The minimum atomic E-state index is -0.120. The maximum Gasteiger partial charge on any atom is 0.246 e. The molecule has 3 heterocycles. The minimum absolute atomic E-state index is 0. The first-order valence-electron chi connectivity index (χ1n) is 8.63. The minimum Gasteiger partial charge on any atom is -0.336 e. The van der Waals surface area contributed by atoms with E-state index in [4.69, 9.17) is 11.6 Å². The van der Waals surface area contributed by atoms with E-state index in [9.17, 15) is 4.79 Å². The monoisotopic (exact) mass is 422 g/mol. The molecule has 1 aliphatic heterocycles. The van der Waals surface area contributed by atoms with Gasteiger partial charge < -0.3 is 14.8 Å². The van der Waals surface area contributed by atoms with Gasteiger partial charge in [0, 0.05) is 49.7 Å². The smallest absolute Gasteiger partial charge is 0.246 e. The van der Waals surface area contributed by atoms with Gasteiger partial charge in [0.25, 0.3) is 0 Å². The molecule has 0 aliphatic carbocycles. The van der Waals surface area contributed by atoms with Gasteiger partial charge in [-0.1, -0.05) is 11.6 Å². The Kier molecular flexibility index (Phi) is 6.28. The molecular weight excluding hydrogens is 403 g/mol. The summed E-state index contributed by atoms with van der Waals surface area (Å²) in [7, 11) is 1.93. The second kappa shape index (κ2) is 8.68. The average Bonchev–Trinajstić information content (AvgIpc) is 3.31. The zero-order valence-corrected chi connectivity index (χ0v) is 16.8. The number of hydrogen-bond donors (Lipinski definition) is 1. The molecule has 0 spiro atoms. The molecule has 1 saturated heterocycles. The highest BCUT2D eigenvalue weighted by Crippen LogP contribution is 2.21. The van der Waals surface area contributed by atoms with E-state index in [1.54, 1.807) is 18.3 Å². The lowest BCUT2D eigenvalue weighted by molar-refractivity contribution is -0.135. The zero-order chi connectivity index (χ0) is 18.8. The normalized spacial score (nSPS) is 16.6. The van der Waals surface area contributed by atoms with Crippen molar-refractivity contribution >= 4 is 29.9 Å². The van der Waals surface area contributed by atoms with Crippen LogP contribution in [0.1, 0.15) is 11.9 Å². The summed E-state index contributed by atoms with van der Waals surface area (Å²) in [5.74, 6) is 1.24. The third kappa shape index (κ3) is 4.16. The number of rotatable bonds is 4. The van der Waals surface area contributed by atoms with E-state index in [1.807, 2.05) is 34.8 Å². The van der Waals surface area contributed by atoms with Crippen molar-refractivity contribution < 1.29 is 4.79 Å². The van der Waals surface area contributed by atoms with Crippen LogP contribution < -0.4 is 5.32 Å². The summed E-state index contributed by atoms with van der Waals surface area (Å²) in [5, 5.41) is 16.3. The Hall–Kier alpha value is -2.49. The highest BCUT2D eigenvalue weighted by atomic mass is 35.5. The van der Waals surface area contributed by atoms with Gasteiger partial charge in [-0.2, -0.15) is 4.80 Å². The van der Waals surface area contributed by atoms with E-state index in [2.05, 4.69) is 25.7 Å². The number of nitrogens with zero attached hydrogens (tertiary/aromatic N) is 7. The number of piperazine rings is 1. The van der Waals surface area contributed by atoms with Gasteiger partial charge in [-0.25, -0.2) is 4.98 Å². The molecule has 2 aromatic heterocycles. The quantitative estimate of drug-likeness (QED) is 0.681. The first-order chi connectivity index (χ1) is 13.1. The van der Waals surface area contributed by atoms with Gasteiger partial charge in [0.05, 0.1) is 0 Å². The van der Waals surface area contributed by atoms with Crippen molar-refractivity contribution in [3.8, 4) is 11.4 Å². The van der Waals surface area contributed by atoms with Crippen molar-refractivity contribution in [3.05, 3.63) is 47.5 Å². The number of carbonyl (C=O) groups excluding carboxylic acids is 1. The van der Waals surface area contributed by atoms with Gasteiger partial charge in [0.2, 0.25) is 11.7 Å². The van der Waals surface area contributed by atoms with Crippen LogP contribution >= 0.6 is 24.0 Å². The fourth-order valence-electron chi connectivity index (χ4n) is 3.17. The SMILES string of the molecule is Cl.Cn1ccnc1C1CNCCN1C(=O)Cn1nnc(-c2ccc(Cl)cc2)n1. The second-order valence-electron chi connectivity index (χ2n) is 6.35. The molecule has 28 heavy (non-hydrogen) atoms. The van der Waals surface area contributed by atoms with Crippen LogP contribution in [0, 0.1) is 0 Å². The van der Waals surface area contributed by atoms with Crippen LogP contribution in [0.4, 0.5) is 0 Å². The van der Waals surface area contributed by atoms with E-state index in [1.165, 1.54) is 4.80 Å². The van der Waals surface area contributed by atoms with Gasteiger partial charge in [0.1, 0.15) is 18.4 Å². The fourth-order valence-corrected chi connectivity index (χ4v) is 3.29. The number of halogens is 2. The summed E-state index contributed by atoms with van der Waals surface area (Å²) >= 11 is 5.90. The molecule has 4 rings (SSSR count). The first-order valence-corrected chi connectivity index (χ1v) is 9.01. The number of carbonyl (C=O) groups is 1. The molecule has 0 radical (unpaired) electrons. The van der Waals surface area contributed by atoms with Crippen LogP contribution in [-0.4, -0.2) is 60.2 Å². The molecular formula is C17H20Cl2N8O. The number of benzene rings is 1. The first kappa shape index (κ1) is 20.2. The van der Waals surface area contributed by atoms with Crippen molar-refractivity contribution in [2.75, 3.05) is 19.6 Å². The molecule has 0 bridgehead atoms. The molecule has 1 unspecified atom stereocenters. The van der Waals surface area contributed by atoms with Crippen LogP contribution in [0.3, 0.4) is 0 Å². The third-order valence-electron chi connectivity index (χ3n) is 4.55. The largest absolute Gasteiger partial charge is 0.336 e. The van der Waals surface area contributed by atoms with Crippen LogP contribution in [0.2, 0.25) is 5.02 Å². The molecule has 1 atom stereocenters. The Morgan fingerprint density at radius 3 is 2.82 bits per heavy atom. The highest BCUT2D eigenvalue weighted by Gasteiger charge is 2.30. The Bertz CT molecular complexity index is 939. The molecule has 148 valence electrons. The second-order valence-corrected chi connectivity index (χ2v) is 6.79. The highest BCUT2D eigenvalue weighted by molar-refractivity contribution is 6.30. The van der Waals surface area contributed by atoms with E-state index in [0.717, 1.165) is 17.9 Å². The molecule has 1 amide bonds. The Morgan fingerprint density at radius 1 is 1.32 bits per heavy atom. The van der Waals surface area contributed by atoms with Crippen molar-refractivity contribution in [3.63, 3.8) is 0 Å². The van der Waals surface area contributed by atoms with Gasteiger partial charge in [-0.05, 0) is 29.5 Å². The standard InChI is InChI=1S/C17H19ClN8O.ClH/c1-24-8-7-20-17(24)14-10-19-6-9-25(14)15(27)11-26-22-16(21-23-26)12-2-4-13(18)5-3-12;/h2-5,7-8,14,19H,6,9-11H2,1H3;1H. The molecule has 11 heteroatoms. The number of amides is 1. The fraction of sp³-hybridized carbons (Fsp3) is 0.353. The predicted molar refractivity (Wildman–Crippen MR) is 106 cm³/mol. The summed E-state index contributed by atoms with van der Waals surface area (Å²) in [4.78, 5) is 20.4. The number of aryl methyl sites for hydroxylation is 1. The average molecular weight is 423 g/mol. The van der Waals surface area contributed by atoms with Gasteiger partial charge in [0.15, 0.2) is 0 Å². The lowest BCUT2D eigenvalue weighted by Crippen LogP contribution is -2.50. The maximum absolute atomic E-state index is 12.9. The van der Waals surface area contributed by atoms with Gasteiger partial charge in [-0.3, -0.25) is 4.79 Å². The molecule has 1 fully saturated rings. The summed E-state index contributed by atoms with van der Waals surface area (Å²) in [5.41, 5.74) is 0.797. The van der Waals surface area contributed by atoms with E-state index in [0.29, 0.717) is 23.9 Å². The van der Waals surface area contributed by atoms with Crippen LogP contribution in [0.25, 0.3) is 11.4 Å². The number of tetrazole rings is 1. The van der Waals surface area contributed by atoms with Gasteiger partial charge in [-0.15, -0.1) is 22.6 Å². The predicted octanol–water partition coefficient (Wildman–Crippen LogP) is 1.32. The third-order valence-corrected chi connectivity index (χ3v) is 4.80. The Labute approximate surface area is 173 Å². The van der Waals surface area contributed by atoms with Crippen LogP contribution in [0.15, 0.2) is 36.7 Å². The number of hydrogen-bond acceptors (Lipinski definition) is 6. The van der Waals surface area contributed by atoms with Gasteiger partial charge >= 0.3 is 0 Å². The zero-order valence-electron chi connectivity index (χ0n) is 15.2.